The smallest absolute Gasteiger partial charge is 0.221 e. The number of para-hydroxylation sites is 1. The zero-order valence-corrected chi connectivity index (χ0v) is 11.3. The Morgan fingerprint density at radius 1 is 1.45 bits per heavy atom. The average Bonchev–Trinajstić information content (AvgIpc) is 2.77. The van der Waals surface area contributed by atoms with Gasteiger partial charge in [-0.25, -0.2) is 0 Å². The second-order valence-corrected chi connectivity index (χ2v) is 4.61. The van der Waals surface area contributed by atoms with Crippen molar-refractivity contribution in [3.05, 3.63) is 53.3 Å². The highest BCUT2D eigenvalue weighted by molar-refractivity contribution is 5.78. The molecular formula is C15H16N4O. The fourth-order valence-corrected chi connectivity index (χ4v) is 2.07. The molecule has 20 heavy (non-hydrogen) atoms. The molecule has 5 heteroatoms. The van der Waals surface area contributed by atoms with Crippen molar-refractivity contribution < 1.29 is 4.79 Å². The number of nitrogens with one attached hydrogen (secondary N) is 1. The standard InChI is InChI=1S/C15H16N4O/c1-19-10-11(6-13(19)8-16)9-18-14-5-3-2-4-12(14)7-15(17)20/h2-6,10,18H,7,9H2,1H3,(H2,17,20). The molecule has 0 aliphatic heterocycles. The second-order valence-electron chi connectivity index (χ2n) is 4.61. The van der Waals surface area contributed by atoms with Gasteiger partial charge in [-0.1, -0.05) is 18.2 Å². The summed E-state index contributed by atoms with van der Waals surface area (Å²) in [5.41, 5.74) is 8.62. The predicted molar refractivity (Wildman–Crippen MR) is 76.8 cm³/mol. The molecule has 0 unspecified atom stereocenters. The fraction of sp³-hybridized carbons (Fsp3) is 0.200. The quantitative estimate of drug-likeness (QED) is 0.862. The number of nitriles is 1. The summed E-state index contributed by atoms with van der Waals surface area (Å²) in [6, 6.07) is 11.5. The van der Waals surface area contributed by atoms with Crippen molar-refractivity contribution in [2.45, 2.75) is 13.0 Å². The summed E-state index contributed by atoms with van der Waals surface area (Å²) in [5, 5.41) is 12.2. The molecule has 0 radical (unpaired) electrons. The Labute approximate surface area is 117 Å². The number of carbonyl (C=O) groups excluding carboxylic acids is 1. The molecule has 0 saturated carbocycles. The highest BCUT2D eigenvalue weighted by Crippen LogP contribution is 2.17. The molecule has 0 atom stereocenters. The maximum Gasteiger partial charge on any atom is 0.221 e. The zero-order chi connectivity index (χ0) is 14.5. The van der Waals surface area contributed by atoms with Crippen LogP contribution in [0.4, 0.5) is 5.69 Å². The number of anilines is 1. The third-order valence-corrected chi connectivity index (χ3v) is 3.04. The molecule has 3 N–H and O–H groups in total. The van der Waals surface area contributed by atoms with E-state index in [2.05, 4.69) is 11.4 Å². The van der Waals surface area contributed by atoms with E-state index in [1.165, 1.54) is 0 Å². The number of nitrogens with zero attached hydrogens (tertiary/aromatic N) is 2. The number of rotatable bonds is 5. The molecule has 0 aliphatic rings. The van der Waals surface area contributed by atoms with Crippen molar-refractivity contribution in [2.24, 2.45) is 12.8 Å². The second kappa shape index (κ2) is 5.93. The number of benzene rings is 1. The van der Waals surface area contributed by atoms with E-state index >= 15 is 0 Å². The van der Waals surface area contributed by atoms with Crippen LogP contribution in [0.15, 0.2) is 36.5 Å². The number of nitrogens with two attached hydrogens (primary N) is 1. The van der Waals surface area contributed by atoms with E-state index < -0.39 is 0 Å². The van der Waals surface area contributed by atoms with Crippen LogP contribution in [-0.2, 0) is 24.8 Å². The van der Waals surface area contributed by atoms with Gasteiger partial charge in [-0.2, -0.15) is 5.26 Å². The zero-order valence-electron chi connectivity index (χ0n) is 11.3. The van der Waals surface area contributed by atoms with Gasteiger partial charge in [-0.3, -0.25) is 4.79 Å². The van der Waals surface area contributed by atoms with Crippen LogP contribution in [0.2, 0.25) is 0 Å². The lowest BCUT2D eigenvalue weighted by molar-refractivity contribution is -0.117. The van der Waals surface area contributed by atoms with Gasteiger partial charge < -0.3 is 15.6 Å². The van der Waals surface area contributed by atoms with Crippen molar-refractivity contribution in [1.82, 2.24) is 4.57 Å². The van der Waals surface area contributed by atoms with Gasteiger partial charge in [0.15, 0.2) is 0 Å². The highest BCUT2D eigenvalue weighted by atomic mass is 16.1. The Balaban J connectivity index is 2.10. The Morgan fingerprint density at radius 3 is 2.85 bits per heavy atom. The monoisotopic (exact) mass is 268 g/mol. The molecule has 2 rings (SSSR count). The first kappa shape index (κ1) is 13.7. The van der Waals surface area contributed by atoms with Crippen molar-refractivity contribution in [3.8, 4) is 6.07 Å². The Hall–Kier alpha value is -2.74. The summed E-state index contributed by atoms with van der Waals surface area (Å²) in [6.07, 6.45) is 2.11. The summed E-state index contributed by atoms with van der Waals surface area (Å²) in [7, 11) is 1.84. The summed E-state index contributed by atoms with van der Waals surface area (Å²) in [4.78, 5) is 11.0. The minimum Gasteiger partial charge on any atom is -0.381 e. The molecule has 1 heterocycles. The van der Waals surface area contributed by atoms with Gasteiger partial charge in [0.2, 0.25) is 5.91 Å². The van der Waals surface area contributed by atoms with Crippen LogP contribution in [0.5, 0.6) is 0 Å². The van der Waals surface area contributed by atoms with Gasteiger partial charge in [0, 0.05) is 25.5 Å². The number of primary amides is 1. The van der Waals surface area contributed by atoms with E-state index in [4.69, 9.17) is 11.0 Å². The third kappa shape index (κ3) is 3.18. The molecule has 1 aromatic heterocycles. The molecule has 102 valence electrons. The molecule has 1 aromatic carbocycles. The summed E-state index contributed by atoms with van der Waals surface area (Å²) in [6.45, 7) is 0.589. The summed E-state index contributed by atoms with van der Waals surface area (Å²) < 4.78 is 1.78. The molecule has 2 aromatic rings. The van der Waals surface area contributed by atoms with E-state index in [1.54, 1.807) is 4.57 Å². The fourth-order valence-electron chi connectivity index (χ4n) is 2.07. The summed E-state index contributed by atoms with van der Waals surface area (Å²) in [5.74, 6) is -0.356. The highest BCUT2D eigenvalue weighted by Gasteiger charge is 2.06. The number of amides is 1. The van der Waals surface area contributed by atoms with E-state index in [0.29, 0.717) is 12.2 Å². The van der Waals surface area contributed by atoms with Gasteiger partial charge in [0.25, 0.3) is 0 Å². The van der Waals surface area contributed by atoms with Gasteiger partial charge in [-0.15, -0.1) is 0 Å². The van der Waals surface area contributed by atoms with Crippen molar-refractivity contribution in [3.63, 3.8) is 0 Å². The number of carbonyl (C=O) groups is 1. The third-order valence-electron chi connectivity index (χ3n) is 3.04. The molecule has 0 fully saturated rings. The van der Waals surface area contributed by atoms with Gasteiger partial charge in [-0.05, 0) is 23.3 Å². The van der Waals surface area contributed by atoms with Crippen molar-refractivity contribution in [2.75, 3.05) is 5.32 Å². The van der Waals surface area contributed by atoms with Crippen molar-refractivity contribution >= 4 is 11.6 Å². The molecule has 1 amide bonds. The van der Waals surface area contributed by atoms with E-state index in [0.717, 1.165) is 16.8 Å². The average molecular weight is 268 g/mol. The topological polar surface area (TPSA) is 83.8 Å². The first-order valence-electron chi connectivity index (χ1n) is 6.25. The van der Waals surface area contributed by atoms with Crippen LogP contribution in [0.1, 0.15) is 16.8 Å². The molecule has 0 aliphatic carbocycles. The molecule has 0 bridgehead atoms. The minimum absolute atomic E-state index is 0.210. The lowest BCUT2D eigenvalue weighted by atomic mass is 10.1. The number of hydrogen-bond acceptors (Lipinski definition) is 3. The van der Waals surface area contributed by atoms with E-state index in [9.17, 15) is 4.79 Å². The molecular weight excluding hydrogens is 252 g/mol. The van der Waals surface area contributed by atoms with E-state index in [-0.39, 0.29) is 12.3 Å². The first-order chi connectivity index (χ1) is 9.60. The minimum atomic E-state index is -0.356. The maximum absolute atomic E-state index is 11.0. The SMILES string of the molecule is Cn1cc(CNc2ccccc2CC(N)=O)cc1C#N. The first-order valence-corrected chi connectivity index (χ1v) is 6.25. The lowest BCUT2D eigenvalue weighted by Gasteiger charge is -2.10. The molecule has 0 spiro atoms. The normalized spacial score (nSPS) is 10.0. The summed E-state index contributed by atoms with van der Waals surface area (Å²) >= 11 is 0. The van der Waals surface area contributed by atoms with Crippen LogP contribution >= 0.6 is 0 Å². The number of aromatic nitrogens is 1. The Morgan fingerprint density at radius 2 is 2.20 bits per heavy atom. The van der Waals surface area contributed by atoms with Crippen LogP contribution in [0.25, 0.3) is 0 Å². The lowest BCUT2D eigenvalue weighted by Crippen LogP contribution is -2.15. The molecule has 5 nitrogen and oxygen atoms in total. The largest absolute Gasteiger partial charge is 0.381 e. The van der Waals surface area contributed by atoms with E-state index in [1.807, 2.05) is 43.6 Å². The Kier molecular flexibility index (Phi) is 4.06. The van der Waals surface area contributed by atoms with Gasteiger partial charge >= 0.3 is 0 Å². The van der Waals surface area contributed by atoms with Crippen molar-refractivity contribution in [1.29, 1.82) is 5.26 Å². The van der Waals surface area contributed by atoms with Crippen LogP contribution < -0.4 is 11.1 Å². The Bertz CT molecular complexity index is 667. The van der Waals surface area contributed by atoms with Gasteiger partial charge in [0.1, 0.15) is 11.8 Å². The number of aryl methyl sites for hydroxylation is 1. The van der Waals surface area contributed by atoms with Crippen LogP contribution in [0.3, 0.4) is 0 Å². The number of hydrogen-bond donors (Lipinski definition) is 2. The molecule has 0 saturated heterocycles. The van der Waals surface area contributed by atoms with Gasteiger partial charge in [0.05, 0.1) is 6.42 Å². The predicted octanol–water partition coefficient (Wildman–Crippen LogP) is 1.54. The van der Waals surface area contributed by atoms with Crippen LogP contribution in [-0.4, -0.2) is 10.5 Å². The van der Waals surface area contributed by atoms with Crippen LogP contribution in [0, 0.1) is 11.3 Å². The maximum atomic E-state index is 11.0.